The minimum Gasteiger partial charge on any atom is -0.392 e. The van der Waals surface area contributed by atoms with E-state index in [0.717, 1.165) is 12.1 Å². The van der Waals surface area contributed by atoms with Gasteiger partial charge in [0.25, 0.3) is 0 Å². The van der Waals surface area contributed by atoms with Gasteiger partial charge in [-0.05, 0) is 46.2 Å². The summed E-state index contributed by atoms with van der Waals surface area (Å²) in [5.41, 5.74) is 0.502. The van der Waals surface area contributed by atoms with E-state index in [0.29, 0.717) is 6.42 Å². The third-order valence-electron chi connectivity index (χ3n) is 3.75. The number of hydrogen-bond donors (Lipinski definition) is 1. The molecule has 1 fully saturated rings. The van der Waals surface area contributed by atoms with Gasteiger partial charge in [-0.1, -0.05) is 6.07 Å². The molecule has 100 valence electrons. The SMILES string of the molecule is CC1(C)CC(C(O)Cc2ccccn2)C(C)(C)O1. The lowest BCUT2D eigenvalue weighted by atomic mass is 9.81. The van der Waals surface area contributed by atoms with Crippen molar-refractivity contribution in [1.82, 2.24) is 4.98 Å². The Kier molecular flexibility index (Phi) is 3.47. The lowest BCUT2D eigenvalue weighted by molar-refractivity contribution is -0.0873. The van der Waals surface area contributed by atoms with E-state index in [4.69, 9.17) is 4.74 Å². The van der Waals surface area contributed by atoms with Gasteiger partial charge in [0.05, 0.1) is 17.3 Å². The fourth-order valence-electron chi connectivity index (χ4n) is 3.08. The lowest BCUT2D eigenvalue weighted by Gasteiger charge is -2.30. The second kappa shape index (κ2) is 4.63. The van der Waals surface area contributed by atoms with Crippen molar-refractivity contribution in [2.75, 3.05) is 0 Å². The van der Waals surface area contributed by atoms with E-state index >= 15 is 0 Å². The molecule has 0 aromatic carbocycles. The van der Waals surface area contributed by atoms with Gasteiger partial charge < -0.3 is 9.84 Å². The molecule has 0 aliphatic carbocycles. The maximum atomic E-state index is 10.5. The highest BCUT2D eigenvalue weighted by molar-refractivity contribution is 5.07. The minimum absolute atomic E-state index is 0.148. The molecule has 1 N–H and O–H groups in total. The predicted molar refractivity (Wildman–Crippen MR) is 71.3 cm³/mol. The zero-order valence-corrected chi connectivity index (χ0v) is 11.7. The number of ether oxygens (including phenoxy) is 1. The summed E-state index contributed by atoms with van der Waals surface area (Å²) in [6.07, 6.45) is 2.83. The molecule has 2 atom stereocenters. The monoisotopic (exact) mass is 249 g/mol. The van der Waals surface area contributed by atoms with Gasteiger partial charge in [0.2, 0.25) is 0 Å². The van der Waals surface area contributed by atoms with Crippen molar-refractivity contribution in [1.29, 1.82) is 0 Å². The molecular weight excluding hydrogens is 226 g/mol. The van der Waals surface area contributed by atoms with Gasteiger partial charge in [-0.2, -0.15) is 0 Å². The van der Waals surface area contributed by atoms with E-state index < -0.39 is 6.10 Å². The molecule has 1 aliphatic rings. The molecule has 1 saturated heterocycles. The number of hydrogen-bond acceptors (Lipinski definition) is 3. The van der Waals surface area contributed by atoms with Crippen LogP contribution in [-0.4, -0.2) is 27.4 Å². The Morgan fingerprint density at radius 1 is 1.39 bits per heavy atom. The summed E-state index contributed by atoms with van der Waals surface area (Å²) in [5.74, 6) is 0.148. The molecule has 0 saturated carbocycles. The van der Waals surface area contributed by atoms with Crippen LogP contribution in [0.15, 0.2) is 24.4 Å². The average molecular weight is 249 g/mol. The summed E-state index contributed by atoms with van der Waals surface area (Å²) < 4.78 is 6.03. The van der Waals surface area contributed by atoms with Gasteiger partial charge in [-0.25, -0.2) is 0 Å². The Morgan fingerprint density at radius 3 is 2.61 bits per heavy atom. The molecule has 2 unspecified atom stereocenters. The summed E-state index contributed by atoms with van der Waals surface area (Å²) in [4.78, 5) is 4.27. The number of rotatable bonds is 3. The fraction of sp³-hybridized carbons (Fsp3) is 0.667. The van der Waals surface area contributed by atoms with Crippen LogP contribution in [0, 0.1) is 5.92 Å². The standard InChI is InChI=1S/C15H23NO2/c1-14(2)10-12(15(3,4)18-14)13(17)9-11-7-5-6-8-16-11/h5-8,12-13,17H,9-10H2,1-4H3. The summed E-state index contributed by atoms with van der Waals surface area (Å²) in [6, 6.07) is 5.80. The number of aliphatic hydroxyl groups is 1. The van der Waals surface area contributed by atoms with Gasteiger partial charge in [-0.15, -0.1) is 0 Å². The first-order valence-corrected chi connectivity index (χ1v) is 6.58. The van der Waals surface area contributed by atoms with E-state index in [1.807, 2.05) is 18.2 Å². The van der Waals surface area contributed by atoms with Crippen molar-refractivity contribution < 1.29 is 9.84 Å². The topological polar surface area (TPSA) is 42.4 Å². The van der Waals surface area contributed by atoms with Crippen LogP contribution in [0.4, 0.5) is 0 Å². The van der Waals surface area contributed by atoms with E-state index in [1.54, 1.807) is 6.20 Å². The Labute approximate surface area is 109 Å². The fourth-order valence-corrected chi connectivity index (χ4v) is 3.08. The van der Waals surface area contributed by atoms with Gasteiger partial charge in [0.15, 0.2) is 0 Å². The summed E-state index contributed by atoms with van der Waals surface area (Å²) in [6.45, 7) is 8.30. The normalized spacial score (nSPS) is 27.1. The Bertz CT molecular complexity index is 400. The van der Waals surface area contributed by atoms with Crippen LogP contribution in [0.3, 0.4) is 0 Å². The van der Waals surface area contributed by atoms with Crippen LogP contribution < -0.4 is 0 Å². The molecule has 18 heavy (non-hydrogen) atoms. The number of aliphatic hydroxyl groups excluding tert-OH is 1. The molecule has 2 heterocycles. The van der Waals surface area contributed by atoms with E-state index in [1.165, 1.54) is 0 Å². The second-order valence-electron chi connectivity index (χ2n) is 6.37. The lowest BCUT2D eigenvalue weighted by Crippen LogP contribution is -2.37. The largest absolute Gasteiger partial charge is 0.392 e. The van der Waals surface area contributed by atoms with Crippen LogP contribution in [0.25, 0.3) is 0 Å². The van der Waals surface area contributed by atoms with Crippen LogP contribution in [0.2, 0.25) is 0 Å². The van der Waals surface area contributed by atoms with Crippen LogP contribution in [0.1, 0.15) is 39.8 Å². The third-order valence-corrected chi connectivity index (χ3v) is 3.75. The molecule has 1 aromatic heterocycles. The molecule has 3 heteroatoms. The first-order valence-electron chi connectivity index (χ1n) is 6.58. The van der Waals surface area contributed by atoms with Crippen molar-refractivity contribution >= 4 is 0 Å². The quantitative estimate of drug-likeness (QED) is 0.895. The summed E-state index contributed by atoms with van der Waals surface area (Å²) >= 11 is 0. The molecule has 1 aliphatic heterocycles. The van der Waals surface area contributed by atoms with Crippen LogP contribution in [-0.2, 0) is 11.2 Å². The molecule has 0 amide bonds. The van der Waals surface area contributed by atoms with Gasteiger partial charge in [-0.3, -0.25) is 4.98 Å². The Balaban J connectivity index is 2.08. The summed E-state index contributed by atoms with van der Waals surface area (Å²) in [5, 5.41) is 10.5. The molecule has 0 bridgehead atoms. The first kappa shape index (κ1) is 13.5. The van der Waals surface area contributed by atoms with E-state index in [9.17, 15) is 5.11 Å². The molecule has 0 spiro atoms. The Morgan fingerprint density at radius 2 is 2.11 bits per heavy atom. The van der Waals surface area contributed by atoms with Crippen molar-refractivity contribution in [3.63, 3.8) is 0 Å². The molecule has 2 rings (SSSR count). The zero-order chi connectivity index (χ0) is 13.4. The summed E-state index contributed by atoms with van der Waals surface area (Å²) in [7, 11) is 0. The molecule has 0 radical (unpaired) electrons. The molecule has 3 nitrogen and oxygen atoms in total. The smallest absolute Gasteiger partial charge is 0.0687 e. The maximum Gasteiger partial charge on any atom is 0.0687 e. The number of nitrogens with zero attached hydrogens (tertiary/aromatic N) is 1. The first-order chi connectivity index (χ1) is 8.30. The van der Waals surface area contributed by atoms with Gasteiger partial charge in [0.1, 0.15) is 0 Å². The number of pyridine rings is 1. The zero-order valence-electron chi connectivity index (χ0n) is 11.7. The van der Waals surface area contributed by atoms with Crippen molar-refractivity contribution in [2.24, 2.45) is 5.92 Å². The average Bonchev–Trinajstić information content (AvgIpc) is 2.48. The van der Waals surface area contributed by atoms with Crippen molar-refractivity contribution in [2.45, 2.75) is 57.8 Å². The van der Waals surface area contributed by atoms with Crippen LogP contribution >= 0.6 is 0 Å². The van der Waals surface area contributed by atoms with Gasteiger partial charge in [0, 0.05) is 24.2 Å². The second-order valence-corrected chi connectivity index (χ2v) is 6.37. The Hall–Kier alpha value is -0.930. The van der Waals surface area contributed by atoms with Gasteiger partial charge >= 0.3 is 0 Å². The predicted octanol–water partition coefficient (Wildman–Crippen LogP) is 2.58. The molecular formula is C15H23NO2. The van der Waals surface area contributed by atoms with E-state index in [2.05, 4.69) is 32.7 Å². The minimum atomic E-state index is -0.406. The van der Waals surface area contributed by atoms with Crippen molar-refractivity contribution in [3.8, 4) is 0 Å². The number of aromatic nitrogens is 1. The molecule has 1 aromatic rings. The van der Waals surface area contributed by atoms with Crippen LogP contribution in [0.5, 0.6) is 0 Å². The van der Waals surface area contributed by atoms with Crippen molar-refractivity contribution in [3.05, 3.63) is 30.1 Å². The maximum absolute atomic E-state index is 10.5. The highest BCUT2D eigenvalue weighted by Gasteiger charge is 2.48. The van der Waals surface area contributed by atoms with E-state index in [-0.39, 0.29) is 17.1 Å². The third kappa shape index (κ3) is 2.90. The highest BCUT2D eigenvalue weighted by atomic mass is 16.5. The highest BCUT2D eigenvalue weighted by Crippen LogP contribution is 2.43.